The van der Waals surface area contributed by atoms with Crippen LogP contribution in [-0.2, 0) is 0 Å². The predicted molar refractivity (Wildman–Crippen MR) is 82.3 cm³/mol. The highest BCUT2D eigenvalue weighted by molar-refractivity contribution is 5.38. The average Bonchev–Trinajstić information content (AvgIpc) is 2.91. The van der Waals surface area contributed by atoms with Crippen molar-refractivity contribution >= 4 is 0 Å². The Labute approximate surface area is 123 Å². The molecular weight excluding hydrogens is 244 g/mol. The van der Waals surface area contributed by atoms with E-state index in [1.807, 2.05) is 0 Å². The summed E-state index contributed by atoms with van der Waals surface area (Å²) in [4.78, 5) is 0. The number of aliphatic hydroxyl groups excluding tert-OH is 1. The molecule has 4 atom stereocenters. The molecule has 1 N–H and O–H groups in total. The van der Waals surface area contributed by atoms with Crippen LogP contribution in [0.1, 0.15) is 64.7 Å². The van der Waals surface area contributed by atoms with Crippen molar-refractivity contribution in [1.82, 2.24) is 0 Å². The number of fused-ring (bicyclic) bond motifs is 5. The van der Waals surface area contributed by atoms with E-state index in [0.29, 0.717) is 17.9 Å². The fourth-order valence-electron chi connectivity index (χ4n) is 6.11. The van der Waals surface area contributed by atoms with Crippen LogP contribution in [0.4, 0.5) is 0 Å². The zero-order chi connectivity index (χ0) is 13.8. The second-order valence-corrected chi connectivity index (χ2v) is 8.04. The van der Waals surface area contributed by atoms with Gasteiger partial charge in [-0.05, 0) is 62.2 Å². The van der Waals surface area contributed by atoms with E-state index in [-0.39, 0.29) is 5.41 Å². The summed E-state index contributed by atoms with van der Waals surface area (Å²) >= 11 is 0. The van der Waals surface area contributed by atoms with Crippen molar-refractivity contribution in [3.8, 4) is 0 Å². The molecule has 0 bridgehead atoms. The Bertz CT molecular complexity index is 474. The monoisotopic (exact) mass is 272 g/mol. The van der Waals surface area contributed by atoms with E-state index in [2.05, 4.69) is 19.1 Å². The summed E-state index contributed by atoms with van der Waals surface area (Å²) in [6, 6.07) is 0. The van der Waals surface area contributed by atoms with Crippen LogP contribution in [0.15, 0.2) is 23.3 Å². The lowest BCUT2D eigenvalue weighted by molar-refractivity contribution is 0.0345. The molecule has 0 unspecified atom stereocenters. The Kier molecular flexibility index (Phi) is 2.93. The summed E-state index contributed by atoms with van der Waals surface area (Å²) in [5, 5.41) is 10.00. The third kappa shape index (κ3) is 1.59. The molecule has 4 aliphatic rings. The van der Waals surface area contributed by atoms with Crippen molar-refractivity contribution in [3.63, 3.8) is 0 Å². The first-order chi connectivity index (χ1) is 9.70. The largest absolute Gasteiger partial charge is 0.396 e. The molecule has 1 heteroatoms. The van der Waals surface area contributed by atoms with Gasteiger partial charge in [-0.1, -0.05) is 43.1 Å². The molecule has 0 amide bonds. The van der Waals surface area contributed by atoms with Crippen molar-refractivity contribution < 1.29 is 5.11 Å². The molecule has 0 aromatic heterocycles. The first-order valence-electron chi connectivity index (χ1n) is 8.72. The van der Waals surface area contributed by atoms with E-state index in [4.69, 9.17) is 0 Å². The number of rotatable bonds is 1. The Balaban J connectivity index is 1.75. The maximum atomic E-state index is 10.00. The number of hydrogen-bond donors (Lipinski definition) is 1. The van der Waals surface area contributed by atoms with Gasteiger partial charge in [-0.3, -0.25) is 0 Å². The summed E-state index contributed by atoms with van der Waals surface area (Å²) in [7, 11) is 0. The Morgan fingerprint density at radius 1 is 1.05 bits per heavy atom. The molecule has 0 aromatic rings. The van der Waals surface area contributed by atoms with E-state index in [1.54, 1.807) is 11.1 Å². The smallest absolute Gasteiger partial charge is 0.0493 e. The summed E-state index contributed by atoms with van der Waals surface area (Å²) in [5.41, 5.74) is 4.15. The zero-order valence-electron chi connectivity index (χ0n) is 12.8. The molecule has 1 nitrogen and oxygen atoms in total. The van der Waals surface area contributed by atoms with E-state index >= 15 is 0 Å². The molecule has 0 spiro atoms. The summed E-state index contributed by atoms with van der Waals surface area (Å²) < 4.78 is 0. The van der Waals surface area contributed by atoms with E-state index in [9.17, 15) is 5.11 Å². The van der Waals surface area contributed by atoms with Crippen LogP contribution >= 0.6 is 0 Å². The molecular formula is C19H28O. The summed E-state index contributed by atoms with van der Waals surface area (Å²) in [6.07, 6.45) is 16.9. The van der Waals surface area contributed by atoms with Crippen LogP contribution in [0.25, 0.3) is 0 Å². The van der Waals surface area contributed by atoms with Crippen LogP contribution < -0.4 is 0 Å². The molecule has 0 aliphatic heterocycles. The quantitative estimate of drug-likeness (QED) is 0.738. The molecule has 3 saturated carbocycles. The highest BCUT2D eigenvalue weighted by atomic mass is 16.3. The Hall–Kier alpha value is -0.560. The van der Waals surface area contributed by atoms with Gasteiger partial charge in [0.15, 0.2) is 0 Å². The van der Waals surface area contributed by atoms with Gasteiger partial charge in [0.1, 0.15) is 0 Å². The van der Waals surface area contributed by atoms with Gasteiger partial charge >= 0.3 is 0 Å². The molecule has 4 rings (SSSR count). The van der Waals surface area contributed by atoms with Crippen molar-refractivity contribution in [2.75, 3.05) is 6.61 Å². The van der Waals surface area contributed by atoms with Gasteiger partial charge in [-0.25, -0.2) is 0 Å². The lowest BCUT2D eigenvalue weighted by atomic mass is 9.51. The van der Waals surface area contributed by atoms with Crippen molar-refractivity contribution in [2.45, 2.75) is 64.7 Å². The highest BCUT2D eigenvalue weighted by Gasteiger charge is 2.53. The van der Waals surface area contributed by atoms with Gasteiger partial charge < -0.3 is 5.11 Å². The summed E-state index contributed by atoms with van der Waals surface area (Å²) in [5.74, 6) is 1.47. The van der Waals surface area contributed by atoms with Crippen LogP contribution in [0, 0.1) is 22.7 Å². The lowest BCUT2D eigenvalue weighted by Crippen LogP contribution is -2.45. The Morgan fingerprint density at radius 2 is 1.95 bits per heavy atom. The fourth-order valence-corrected chi connectivity index (χ4v) is 6.11. The standard InChI is InChI=1S/C19H28O/c1-18-10-3-2-5-14(18)7-8-15-16(18)9-12-19(13-20)11-4-6-17(15)19/h7-8,16-17,20H,2-6,9-13H2,1H3/t16-,17-,18-,19-/m0/s1. The normalized spacial score (nSPS) is 46.9. The van der Waals surface area contributed by atoms with Crippen molar-refractivity contribution in [1.29, 1.82) is 0 Å². The van der Waals surface area contributed by atoms with Crippen LogP contribution in [0.3, 0.4) is 0 Å². The molecule has 0 radical (unpaired) electrons. The topological polar surface area (TPSA) is 20.2 Å². The minimum atomic E-state index is 0.249. The van der Waals surface area contributed by atoms with E-state index in [1.165, 1.54) is 57.8 Å². The van der Waals surface area contributed by atoms with Crippen molar-refractivity contribution in [2.24, 2.45) is 22.7 Å². The molecule has 20 heavy (non-hydrogen) atoms. The molecule has 3 fully saturated rings. The third-order valence-corrected chi connectivity index (χ3v) is 7.33. The number of allylic oxidation sites excluding steroid dienone is 4. The molecule has 110 valence electrons. The minimum Gasteiger partial charge on any atom is -0.396 e. The zero-order valence-corrected chi connectivity index (χ0v) is 12.8. The SMILES string of the molecule is C[C@]12CCCCC1=CC=C1[C@@H]3CCC[C@@]3(CO)CC[C@@H]12. The second kappa shape index (κ2) is 4.47. The van der Waals surface area contributed by atoms with Crippen LogP contribution in [0.5, 0.6) is 0 Å². The summed E-state index contributed by atoms with van der Waals surface area (Å²) in [6.45, 7) is 2.95. The van der Waals surface area contributed by atoms with Gasteiger partial charge in [-0.15, -0.1) is 0 Å². The maximum Gasteiger partial charge on any atom is 0.0493 e. The van der Waals surface area contributed by atoms with Gasteiger partial charge in [-0.2, -0.15) is 0 Å². The third-order valence-electron chi connectivity index (χ3n) is 7.33. The Morgan fingerprint density at radius 3 is 2.80 bits per heavy atom. The van der Waals surface area contributed by atoms with Gasteiger partial charge in [0.25, 0.3) is 0 Å². The number of aliphatic hydroxyl groups is 1. The van der Waals surface area contributed by atoms with Gasteiger partial charge in [0.2, 0.25) is 0 Å². The van der Waals surface area contributed by atoms with Crippen LogP contribution in [-0.4, -0.2) is 11.7 Å². The van der Waals surface area contributed by atoms with Gasteiger partial charge in [0, 0.05) is 12.0 Å². The van der Waals surface area contributed by atoms with Crippen molar-refractivity contribution in [3.05, 3.63) is 23.3 Å². The van der Waals surface area contributed by atoms with E-state index in [0.717, 1.165) is 5.92 Å². The highest BCUT2D eigenvalue weighted by Crippen LogP contribution is 2.63. The predicted octanol–water partition coefficient (Wildman–Crippen LogP) is 4.62. The first kappa shape index (κ1) is 13.1. The maximum absolute atomic E-state index is 10.00. The lowest BCUT2D eigenvalue weighted by Gasteiger charge is -2.53. The fraction of sp³-hybridized carbons (Fsp3) is 0.789. The molecule has 4 aliphatic carbocycles. The minimum absolute atomic E-state index is 0.249. The first-order valence-corrected chi connectivity index (χ1v) is 8.72. The number of hydrogen-bond acceptors (Lipinski definition) is 1. The molecule has 0 aromatic carbocycles. The molecule has 0 heterocycles. The molecule has 0 saturated heterocycles. The van der Waals surface area contributed by atoms with Crippen LogP contribution in [0.2, 0.25) is 0 Å². The van der Waals surface area contributed by atoms with Gasteiger partial charge in [0.05, 0.1) is 0 Å². The second-order valence-electron chi connectivity index (χ2n) is 8.04. The average molecular weight is 272 g/mol. The van der Waals surface area contributed by atoms with E-state index < -0.39 is 0 Å².